The minimum atomic E-state index is -1.19. The number of carbonyl (C=O) groups is 1. The van der Waals surface area contributed by atoms with Gasteiger partial charge in [0.05, 0.1) is 18.8 Å². The largest absolute Gasteiger partial charge is 0.465 e. The zero-order chi connectivity index (χ0) is 13.7. The molecular formula is C12H18N2O4. The molecular weight excluding hydrogens is 236 g/mol. The van der Waals surface area contributed by atoms with E-state index >= 15 is 0 Å². The first kappa shape index (κ1) is 14.4. The van der Waals surface area contributed by atoms with Crippen molar-refractivity contribution in [2.75, 3.05) is 26.4 Å². The Morgan fingerprint density at radius 1 is 1.50 bits per heavy atom. The quantitative estimate of drug-likeness (QED) is 0.423. The van der Waals surface area contributed by atoms with Crippen molar-refractivity contribution in [3.8, 4) is 0 Å². The number of hydrogen-bond donors (Lipinski definition) is 4. The highest BCUT2D eigenvalue weighted by Crippen LogP contribution is 2.24. The Hall–Kier alpha value is -1.63. The summed E-state index contributed by atoms with van der Waals surface area (Å²) in [6, 6.07) is 4.47. The fraction of sp³-hybridized carbons (Fsp3) is 0.417. The second-order valence-corrected chi connectivity index (χ2v) is 3.91. The number of hydrogen-bond acceptors (Lipinski definition) is 6. The second-order valence-electron chi connectivity index (χ2n) is 3.91. The monoisotopic (exact) mass is 254 g/mol. The van der Waals surface area contributed by atoms with Crippen LogP contribution in [-0.4, -0.2) is 43.0 Å². The molecule has 0 saturated heterocycles. The second kappa shape index (κ2) is 6.34. The number of methoxy groups -OCH3 is 1. The van der Waals surface area contributed by atoms with Crippen LogP contribution in [0.15, 0.2) is 18.2 Å². The Labute approximate surface area is 105 Å². The summed E-state index contributed by atoms with van der Waals surface area (Å²) >= 11 is 0. The molecule has 1 aromatic carbocycles. The van der Waals surface area contributed by atoms with Crippen LogP contribution in [0.3, 0.4) is 0 Å². The fourth-order valence-electron chi connectivity index (χ4n) is 1.65. The number of rotatable bonds is 5. The summed E-state index contributed by atoms with van der Waals surface area (Å²) in [6.45, 7) is 0.201. The molecule has 0 aliphatic carbocycles. The molecule has 0 fully saturated rings. The van der Waals surface area contributed by atoms with Crippen LogP contribution in [0.5, 0.6) is 0 Å². The van der Waals surface area contributed by atoms with Gasteiger partial charge in [-0.1, -0.05) is 6.07 Å². The van der Waals surface area contributed by atoms with Crippen molar-refractivity contribution in [3.63, 3.8) is 0 Å². The zero-order valence-corrected chi connectivity index (χ0v) is 10.4. The van der Waals surface area contributed by atoms with Gasteiger partial charge in [-0.2, -0.15) is 0 Å². The van der Waals surface area contributed by atoms with E-state index in [1.807, 2.05) is 0 Å². The Balaban J connectivity index is 3.11. The lowest BCUT2D eigenvalue weighted by atomic mass is 9.98. The van der Waals surface area contributed by atoms with Gasteiger partial charge in [0.2, 0.25) is 0 Å². The number of carbonyl (C=O) groups excluding carboxylic acids is 1. The molecule has 0 aliphatic rings. The highest BCUT2D eigenvalue weighted by molar-refractivity contribution is 5.92. The van der Waals surface area contributed by atoms with Crippen molar-refractivity contribution in [1.82, 2.24) is 5.32 Å². The van der Waals surface area contributed by atoms with E-state index in [0.717, 1.165) is 0 Å². The number of anilines is 1. The minimum Gasteiger partial charge on any atom is -0.465 e. The third kappa shape index (κ3) is 3.19. The Morgan fingerprint density at radius 3 is 2.72 bits per heavy atom. The highest BCUT2D eigenvalue weighted by atomic mass is 16.5. The van der Waals surface area contributed by atoms with Crippen LogP contribution >= 0.6 is 0 Å². The normalized spacial score (nSPS) is 14.0. The average molecular weight is 254 g/mol. The molecule has 2 atom stereocenters. The van der Waals surface area contributed by atoms with E-state index in [0.29, 0.717) is 11.3 Å². The Bertz CT molecular complexity index is 423. The lowest BCUT2D eigenvalue weighted by molar-refractivity contribution is 0.0189. The van der Waals surface area contributed by atoms with Crippen molar-refractivity contribution in [3.05, 3.63) is 29.3 Å². The van der Waals surface area contributed by atoms with E-state index in [-0.39, 0.29) is 12.1 Å². The van der Waals surface area contributed by atoms with Gasteiger partial charge < -0.3 is 26.0 Å². The van der Waals surface area contributed by atoms with E-state index in [2.05, 4.69) is 10.1 Å². The summed E-state index contributed by atoms with van der Waals surface area (Å²) in [4.78, 5) is 11.6. The molecule has 6 heteroatoms. The predicted molar refractivity (Wildman–Crippen MR) is 67.1 cm³/mol. The van der Waals surface area contributed by atoms with Gasteiger partial charge >= 0.3 is 5.97 Å². The van der Waals surface area contributed by atoms with E-state index < -0.39 is 18.2 Å². The van der Waals surface area contributed by atoms with Crippen LogP contribution in [0, 0.1) is 0 Å². The van der Waals surface area contributed by atoms with Gasteiger partial charge in [0.25, 0.3) is 0 Å². The molecule has 0 spiro atoms. The van der Waals surface area contributed by atoms with Gasteiger partial charge in [0.1, 0.15) is 6.10 Å². The van der Waals surface area contributed by atoms with Gasteiger partial charge in [0, 0.05) is 12.2 Å². The lowest BCUT2D eigenvalue weighted by Gasteiger charge is -2.20. The minimum absolute atomic E-state index is 0.153. The van der Waals surface area contributed by atoms with Crippen LogP contribution < -0.4 is 11.1 Å². The summed E-state index contributed by atoms with van der Waals surface area (Å²) in [5.41, 5.74) is 6.42. The molecule has 0 amide bonds. The summed E-state index contributed by atoms with van der Waals surface area (Å²) < 4.78 is 4.62. The number of esters is 1. The zero-order valence-electron chi connectivity index (χ0n) is 10.4. The van der Waals surface area contributed by atoms with Crippen LogP contribution in [0.1, 0.15) is 22.0 Å². The maximum atomic E-state index is 11.6. The first-order valence-corrected chi connectivity index (χ1v) is 5.49. The number of nitrogens with two attached hydrogens (primary N) is 1. The van der Waals surface area contributed by atoms with Crippen LogP contribution in [0.2, 0.25) is 0 Å². The molecule has 0 radical (unpaired) electrons. The number of aliphatic hydroxyl groups is 2. The third-order valence-corrected chi connectivity index (χ3v) is 2.58. The molecule has 1 aromatic rings. The molecule has 0 aromatic heterocycles. The summed E-state index contributed by atoms with van der Waals surface area (Å²) in [6.07, 6.45) is -2.21. The van der Waals surface area contributed by atoms with E-state index in [1.54, 1.807) is 13.1 Å². The van der Waals surface area contributed by atoms with E-state index in [4.69, 9.17) is 5.73 Å². The first-order valence-electron chi connectivity index (χ1n) is 5.49. The molecule has 0 bridgehead atoms. The van der Waals surface area contributed by atoms with Crippen molar-refractivity contribution < 1.29 is 19.7 Å². The van der Waals surface area contributed by atoms with Gasteiger partial charge in [-0.3, -0.25) is 0 Å². The number of ether oxygens (including phenoxy) is 1. The Kier molecular flexibility index (Phi) is 5.08. The SMILES string of the molecule is CNCC(O)C(O)c1ccc(N)cc1C(=O)OC. The molecule has 0 saturated carbocycles. The smallest absolute Gasteiger partial charge is 0.338 e. The number of benzene rings is 1. The van der Waals surface area contributed by atoms with Crippen LogP contribution in [0.4, 0.5) is 5.69 Å². The standard InChI is InChI=1S/C12H18N2O4/c1-14-6-10(15)11(16)8-4-3-7(13)5-9(8)12(17)18-2/h3-5,10-11,14-16H,6,13H2,1-2H3. The van der Waals surface area contributed by atoms with Crippen molar-refractivity contribution in [2.24, 2.45) is 0 Å². The highest BCUT2D eigenvalue weighted by Gasteiger charge is 2.23. The van der Waals surface area contributed by atoms with Gasteiger partial charge in [-0.05, 0) is 24.7 Å². The van der Waals surface area contributed by atoms with Gasteiger partial charge in [-0.25, -0.2) is 4.79 Å². The topological polar surface area (TPSA) is 105 Å². The number of likely N-dealkylation sites (N-methyl/N-ethyl adjacent to an activating group) is 1. The van der Waals surface area contributed by atoms with E-state index in [1.165, 1.54) is 19.2 Å². The molecule has 6 nitrogen and oxygen atoms in total. The lowest BCUT2D eigenvalue weighted by Crippen LogP contribution is -2.30. The van der Waals surface area contributed by atoms with E-state index in [9.17, 15) is 15.0 Å². The molecule has 2 unspecified atom stereocenters. The summed E-state index contributed by atoms with van der Waals surface area (Å²) in [7, 11) is 2.89. The average Bonchev–Trinajstić information content (AvgIpc) is 2.37. The molecule has 18 heavy (non-hydrogen) atoms. The number of nitrogen functional groups attached to an aromatic ring is 1. The van der Waals surface area contributed by atoms with Crippen LogP contribution in [0.25, 0.3) is 0 Å². The van der Waals surface area contributed by atoms with Gasteiger partial charge in [-0.15, -0.1) is 0 Å². The van der Waals surface area contributed by atoms with Crippen molar-refractivity contribution in [1.29, 1.82) is 0 Å². The van der Waals surface area contributed by atoms with Crippen LogP contribution in [-0.2, 0) is 4.74 Å². The number of aliphatic hydroxyl groups excluding tert-OH is 2. The maximum Gasteiger partial charge on any atom is 0.338 e. The fourth-order valence-corrected chi connectivity index (χ4v) is 1.65. The third-order valence-electron chi connectivity index (χ3n) is 2.58. The molecule has 1 rings (SSSR count). The predicted octanol–water partition coefficient (Wildman–Crippen LogP) is -0.331. The Morgan fingerprint density at radius 2 is 2.17 bits per heavy atom. The van der Waals surface area contributed by atoms with Gasteiger partial charge in [0.15, 0.2) is 0 Å². The maximum absolute atomic E-state index is 11.6. The van der Waals surface area contributed by atoms with Crippen molar-refractivity contribution in [2.45, 2.75) is 12.2 Å². The summed E-state index contributed by atoms with van der Waals surface area (Å²) in [5, 5.41) is 22.5. The molecule has 100 valence electrons. The number of nitrogens with one attached hydrogen (secondary N) is 1. The molecule has 0 aliphatic heterocycles. The molecule has 5 N–H and O–H groups in total. The molecule has 0 heterocycles. The van der Waals surface area contributed by atoms with Crippen molar-refractivity contribution >= 4 is 11.7 Å². The first-order chi connectivity index (χ1) is 8.51. The summed E-state index contributed by atoms with van der Waals surface area (Å²) in [5.74, 6) is -0.604.